The molecule has 6 heteroatoms. The van der Waals surface area contributed by atoms with Crippen LogP contribution in [-0.2, 0) is 4.79 Å². The van der Waals surface area contributed by atoms with Crippen LogP contribution < -0.4 is 14.8 Å². The molecular formula is C17H25ClN2O3. The molecule has 23 heavy (non-hydrogen) atoms. The van der Waals surface area contributed by atoms with Gasteiger partial charge in [0.2, 0.25) is 5.91 Å². The van der Waals surface area contributed by atoms with Crippen molar-refractivity contribution >= 4 is 18.3 Å². The van der Waals surface area contributed by atoms with Crippen molar-refractivity contribution in [3.05, 3.63) is 24.3 Å². The van der Waals surface area contributed by atoms with E-state index >= 15 is 0 Å². The number of amides is 1. The van der Waals surface area contributed by atoms with Crippen LogP contribution in [0.15, 0.2) is 24.3 Å². The number of halogens is 1. The number of piperidine rings is 1. The van der Waals surface area contributed by atoms with Crippen molar-refractivity contribution in [2.24, 2.45) is 0 Å². The largest absolute Gasteiger partial charge is 0.486 e. The first kappa shape index (κ1) is 17.9. The van der Waals surface area contributed by atoms with E-state index in [0.717, 1.165) is 37.3 Å². The van der Waals surface area contributed by atoms with Gasteiger partial charge in [0.1, 0.15) is 6.61 Å². The highest BCUT2D eigenvalue weighted by atomic mass is 35.5. The topological polar surface area (TPSA) is 50.8 Å². The van der Waals surface area contributed by atoms with Crippen molar-refractivity contribution in [2.45, 2.75) is 38.3 Å². The summed E-state index contributed by atoms with van der Waals surface area (Å²) in [4.78, 5) is 14.5. The number of likely N-dealkylation sites (N-methyl/N-ethyl adjacent to an activating group) is 1. The number of carbonyl (C=O) groups is 1. The number of para-hydroxylation sites is 2. The Morgan fingerprint density at radius 3 is 2.78 bits per heavy atom. The number of rotatable bonds is 4. The zero-order chi connectivity index (χ0) is 15.4. The Hall–Kier alpha value is -1.46. The molecule has 5 nitrogen and oxygen atoms in total. The molecular weight excluding hydrogens is 316 g/mol. The minimum atomic E-state index is -0.109. The Morgan fingerprint density at radius 2 is 2.09 bits per heavy atom. The highest BCUT2D eigenvalue weighted by Gasteiger charge is 2.29. The Labute approximate surface area is 143 Å². The van der Waals surface area contributed by atoms with Crippen LogP contribution in [0.2, 0.25) is 0 Å². The first-order valence-corrected chi connectivity index (χ1v) is 8.18. The van der Waals surface area contributed by atoms with E-state index in [-0.39, 0.29) is 30.5 Å². The second-order valence-corrected chi connectivity index (χ2v) is 5.88. The summed E-state index contributed by atoms with van der Waals surface area (Å²) in [5, 5.41) is 3.32. The van der Waals surface area contributed by atoms with Gasteiger partial charge in [-0.1, -0.05) is 18.6 Å². The van der Waals surface area contributed by atoms with Crippen molar-refractivity contribution in [2.75, 3.05) is 26.2 Å². The summed E-state index contributed by atoms with van der Waals surface area (Å²) in [6.45, 7) is 4.70. The van der Waals surface area contributed by atoms with E-state index in [9.17, 15) is 4.79 Å². The molecule has 0 spiro atoms. The molecule has 2 aliphatic rings. The lowest BCUT2D eigenvalue weighted by molar-refractivity contribution is -0.135. The number of ether oxygens (including phenoxy) is 2. The van der Waals surface area contributed by atoms with Gasteiger partial charge in [0.05, 0.1) is 12.6 Å². The molecule has 2 aliphatic heterocycles. The lowest BCUT2D eigenvalue weighted by atomic mass is 10.0. The minimum Gasteiger partial charge on any atom is -0.486 e. The predicted molar refractivity (Wildman–Crippen MR) is 91.5 cm³/mol. The van der Waals surface area contributed by atoms with Crippen LogP contribution in [-0.4, -0.2) is 49.2 Å². The average Bonchev–Trinajstić information content (AvgIpc) is 2.59. The lowest BCUT2D eigenvalue weighted by Gasteiger charge is -2.33. The quantitative estimate of drug-likeness (QED) is 0.913. The third-order valence-electron chi connectivity index (χ3n) is 4.29. The summed E-state index contributed by atoms with van der Waals surface area (Å²) in [5.74, 6) is 1.73. The van der Waals surface area contributed by atoms with E-state index in [1.807, 2.05) is 36.1 Å². The highest BCUT2D eigenvalue weighted by Crippen LogP contribution is 2.31. The summed E-state index contributed by atoms with van der Waals surface area (Å²) in [6.07, 6.45) is 3.10. The van der Waals surface area contributed by atoms with E-state index in [1.165, 1.54) is 0 Å². The maximum Gasteiger partial charge on any atom is 0.239 e. The van der Waals surface area contributed by atoms with Gasteiger partial charge in [-0.05, 0) is 38.4 Å². The second-order valence-electron chi connectivity index (χ2n) is 5.88. The van der Waals surface area contributed by atoms with Gasteiger partial charge in [-0.2, -0.15) is 0 Å². The van der Waals surface area contributed by atoms with Gasteiger partial charge in [0.25, 0.3) is 0 Å². The number of hydrogen-bond acceptors (Lipinski definition) is 4. The normalized spacial score (nSPS) is 22.8. The summed E-state index contributed by atoms with van der Waals surface area (Å²) in [6, 6.07) is 7.63. The van der Waals surface area contributed by atoms with Crippen LogP contribution in [0.25, 0.3) is 0 Å². The molecule has 2 atom stereocenters. The number of fused-ring (bicyclic) bond motifs is 1. The Bertz CT molecular complexity index is 520. The van der Waals surface area contributed by atoms with Crippen molar-refractivity contribution in [3.63, 3.8) is 0 Å². The Kier molecular flexibility index (Phi) is 6.54. The molecule has 1 fully saturated rings. The molecule has 1 amide bonds. The van der Waals surface area contributed by atoms with Gasteiger partial charge in [-0.25, -0.2) is 0 Å². The van der Waals surface area contributed by atoms with Gasteiger partial charge in [-0.15, -0.1) is 12.4 Å². The van der Waals surface area contributed by atoms with Crippen LogP contribution in [0.1, 0.15) is 26.2 Å². The molecule has 128 valence electrons. The fourth-order valence-corrected chi connectivity index (χ4v) is 3.06. The van der Waals surface area contributed by atoms with Crippen LogP contribution in [0.5, 0.6) is 11.5 Å². The monoisotopic (exact) mass is 340 g/mol. The molecule has 2 heterocycles. The van der Waals surface area contributed by atoms with Crippen LogP contribution in [0, 0.1) is 0 Å². The predicted octanol–water partition coefficient (Wildman–Crippen LogP) is 2.24. The van der Waals surface area contributed by atoms with Crippen molar-refractivity contribution < 1.29 is 14.3 Å². The molecule has 0 aliphatic carbocycles. The van der Waals surface area contributed by atoms with Crippen molar-refractivity contribution in [1.82, 2.24) is 10.2 Å². The molecule has 2 unspecified atom stereocenters. The highest BCUT2D eigenvalue weighted by molar-refractivity contribution is 5.85. The first-order chi connectivity index (χ1) is 10.8. The van der Waals surface area contributed by atoms with Gasteiger partial charge in [0, 0.05) is 6.54 Å². The summed E-state index contributed by atoms with van der Waals surface area (Å²) < 4.78 is 11.7. The van der Waals surface area contributed by atoms with Crippen molar-refractivity contribution in [1.29, 1.82) is 0 Å². The lowest BCUT2D eigenvalue weighted by Crippen LogP contribution is -2.52. The second kappa shape index (κ2) is 8.41. The molecule has 1 N–H and O–H groups in total. The maximum absolute atomic E-state index is 12.6. The molecule has 0 bridgehead atoms. The molecule has 0 saturated carbocycles. The smallest absolute Gasteiger partial charge is 0.239 e. The molecule has 1 aromatic rings. The number of nitrogens with zero attached hydrogens (tertiary/aromatic N) is 1. The standard InChI is InChI=1S/C17H24N2O3.ClH/c1-2-19(17(20)14-7-5-6-10-18-14)11-13-12-21-15-8-3-4-9-16(15)22-13;/h3-4,8-9,13-14,18H,2,5-7,10-12H2,1H3;1H. The van der Waals surface area contributed by atoms with Crippen LogP contribution in [0.4, 0.5) is 0 Å². The molecule has 0 radical (unpaired) electrons. The maximum atomic E-state index is 12.6. The van der Waals surface area contributed by atoms with Gasteiger partial charge >= 0.3 is 0 Å². The van der Waals surface area contributed by atoms with Crippen LogP contribution >= 0.6 is 12.4 Å². The summed E-state index contributed by atoms with van der Waals surface area (Å²) in [7, 11) is 0. The average molecular weight is 341 g/mol. The molecule has 3 rings (SSSR count). The van der Waals surface area contributed by atoms with E-state index in [2.05, 4.69) is 5.32 Å². The number of carbonyl (C=O) groups excluding carboxylic acids is 1. The minimum absolute atomic E-state index is 0. The molecule has 1 saturated heterocycles. The fraction of sp³-hybridized carbons (Fsp3) is 0.588. The number of nitrogens with one attached hydrogen (secondary N) is 1. The third kappa shape index (κ3) is 4.30. The zero-order valence-corrected chi connectivity index (χ0v) is 14.3. The summed E-state index contributed by atoms with van der Waals surface area (Å²) >= 11 is 0. The first-order valence-electron chi connectivity index (χ1n) is 8.18. The van der Waals surface area contributed by atoms with Crippen LogP contribution in [0.3, 0.4) is 0 Å². The Morgan fingerprint density at radius 1 is 1.30 bits per heavy atom. The molecule has 1 aromatic carbocycles. The van der Waals surface area contributed by atoms with Crippen molar-refractivity contribution in [3.8, 4) is 11.5 Å². The number of hydrogen-bond donors (Lipinski definition) is 1. The van der Waals surface area contributed by atoms with E-state index < -0.39 is 0 Å². The fourth-order valence-electron chi connectivity index (χ4n) is 3.06. The molecule has 0 aromatic heterocycles. The number of benzene rings is 1. The third-order valence-corrected chi connectivity index (χ3v) is 4.29. The van der Waals surface area contributed by atoms with E-state index in [0.29, 0.717) is 19.7 Å². The Balaban J connectivity index is 0.00000192. The zero-order valence-electron chi connectivity index (χ0n) is 13.5. The summed E-state index contributed by atoms with van der Waals surface area (Å²) in [5.41, 5.74) is 0. The van der Waals surface area contributed by atoms with Gasteiger partial charge in [0.15, 0.2) is 17.6 Å². The van der Waals surface area contributed by atoms with Gasteiger partial charge in [-0.3, -0.25) is 4.79 Å². The van der Waals surface area contributed by atoms with E-state index in [1.54, 1.807) is 0 Å². The SMILES string of the molecule is CCN(CC1COc2ccccc2O1)C(=O)C1CCCCN1.Cl. The van der Waals surface area contributed by atoms with E-state index in [4.69, 9.17) is 9.47 Å². The van der Waals surface area contributed by atoms with Gasteiger partial charge < -0.3 is 19.7 Å².